The molecule has 1 N–H and O–H groups in total. The van der Waals surface area contributed by atoms with Crippen molar-refractivity contribution in [2.45, 2.75) is 59.7 Å². The molecule has 5 nitrogen and oxygen atoms in total. The van der Waals surface area contributed by atoms with Crippen LogP contribution in [0.4, 0.5) is 0 Å². The quantitative estimate of drug-likeness (QED) is 0.651. The van der Waals surface area contributed by atoms with E-state index >= 15 is 0 Å². The number of furan rings is 1. The van der Waals surface area contributed by atoms with Crippen molar-refractivity contribution in [1.82, 2.24) is 0 Å². The summed E-state index contributed by atoms with van der Waals surface area (Å²) in [6.45, 7) is 9.39. The smallest absolute Gasteiger partial charge is 0.334 e. The molecular formula is C20H26O5. The molecule has 1 heterocycles. The van der Waals surface area contributed by atoms with E-state index in [9.17, 15) is 14.7 Å². The molecule has 0 aromatic carbocycles. The van der Waals surface area contributed by atoms with E-state index in [1.165, 1.54) is 0 Å². The van der Waals surface area contributed by atoms with E-state index in [1.54, 1.807) is 26.2 Å². The highest BCUT2D eigenvalue weighted by atomic mass is 16.5. The van der Waals surface area contributed by atoms with Crippen LogP contribution in [0.15, 0.2) is 22.3 Å². The second kappa shape index (κ2) is 6.13. The van der Waals surface area contributed by atoms with Crippen molar-refractivity contribution in [3.05, 3.63) is 34.8 Å². The van der Waals surface area contributed by atoms with Gasteiger partial charge in [0.1, 0.15) is 23.8 Å². The zero-order valence-corrected chi connectivity index (χ0v) is 15.5. The zero-order valence-electron chi connectivity index (χ0n) is 15.5. The Labute approximate surface area is 148 Å². The number of esters is 1. The van der Waals surface area contributed by atoms with Crippen LogP contribution < -0.4 is 0 Å². The number of rotatable bonds is 2. The summed E-state index contributed by atoms with van der Waals surface area (Å²) in [5.41, 5.74) is 1.39. The minimum atomic E-state index is -0.998. The minimum absolute atomic E-state index is 0.0107. The number of hydrogen-bond acceptors (Lipinski definition) is 5. The molecule has 25 heavy (non-hydrogen) atoms. The van der Waals surface area contributed by atoms with Crippen LogP contribution in [0, 0.1) is 24.2 Å². The first-order valence-corrected chi connectivity index (χ1v) is 8.86. The monoisotopic (exact) mass is 346 g/mol. The maximum Gasteiger partial charge on any atom is 0.334 e. The number of ether oxygens (including phenoxy) is 1. The first-order chi connectivity index (χ1) is 11.7. The lowest BCUT2D eigenvalue weighted by molar-refractivity contribution is -0.181. The Hall–Kier alpha value is -1.88. The molecular weight excluding hydrogens is 320 g/mol. The first-order valence-electron chi connectivity index (χ1n) is 8.86. The largest absolute Gasteiger partial charge is 0.466 e. The molecule has 0 bridgehead atoms. The number of aryl methyl sites for hydroxylation is 1. The summed E-state index contributed by atoms with van der Waals surface area (Å²) in [4.78, 5) is 25.2. The number of aliphatic hydroxyl groups excluding tert-OH is 1. The van der Waals surface area contributed by atoms with Gasteiger partial charge in [-0.05, 0) is 38.7 Å². The molecule has 0 amide bonds. The molecule has 5 heteroatoms. The van der Waals surface area contributed by atoms with Crippen molar-refractivity contribution < 1.29 is 23.8 Å². The second-order valence-electron chi connectivity index (χ2n) is 7.65. The van der Waals surface area contributed by atoms with Gasteiger partial charge in [0, 0.05) is 23.0 Å². The van der Waals surface area contributed by atoms with Gasteiger partial charge in [0.2, 0.25) is 0 Å². The SMILES string of the molecule is C/C=C(/C)C(=O)O[C@@H]1c2c(C)coc2[C@H](O)[C@H]2C(=O)CC[C@H](C)[C@@]12C. The summed E-state index contributed by atoms with van der Waals surface area (Å²) >= 11 is 0. The Balaban J connectivity index is 2.17. The van der Waals surface area contributed by atoms with Crippen molar-refractivity contribution in [2.24, 2.45) is 17.3 Å². The lowest BCUT2D eigenvalue weighted by atomic mass is 9.53. The molecule has 2 aliphatic carbocycles. The van der Waals surface area contributed by atoms with Gasteiger partial charge < -0.3 is 14.3 Å². The normalized spacial score (nSPS) is 35.1. The number of fused-ring (bicyclic) bond motifs is 2. The predicted octanol–water partition coefficient (Wildman–Crippen LogP) is 3.81. The molecule has 1 aromatic rings. The van der Waals surface area contributed by atoms with Gasteiger partial charge in [-0.3, -0.25) is 4.79 Å². The van der Waals surface area contributed by atoms with Gasteiger partial charge in [0.15, 0.2) is 0 Å². The molecule has 0 spiro atoms. The average Bonchev–Trinajstić information content (AvgIpc) is 2.96. The van der Waals surface area contributed by atoms with E-state index < -0.39 is 29.5 Å². The molecule has 1 aromatic heterocycles. The van der Waals surface area contributed by atoms with Crippen molar-refractivity contribution in [2.75, 3.05) is 0 Å². The average molecular weight is 346 g/mol. The lowest BCUT2D eigenvalue weighted by Gasteiger charge is -2.53. The highest BCUT2D eigenvalue weighted by molar-refractivity contribution is 5.88. The van der Waals surface area contributed by atoms with Gasteiger partial charge in [0.25, 0.3) is 0 Å². The van der Waals surface area contributed by atoms with Crippen molar-refractivity contribution in [1.29, 1.82) is 0 Å². The summed E-state index contributed by atoms with van der Waals surface area (Å²) in [7, 11) is 0. The molecule has 136 valence electrons. The van der Waals surface area contributed by atoms with Gasteiger partial charge in [-0.1, -0.05) is 19.9 Å². The van der Waals surface area contributed by atoms with Gasteiger partial charge in [-0.2, -0.15) is 0 Å². The maximum absolute atomic E-state index is 12.7. The van der Waals surface area contributed by atoms with Crippen LogP contribution in [0.1, 0.15) is 69.6 Å². The highest BCUT2D eigenvalue weighted by Crippen LogP contribution is 2.61. The van der Waals surface area contributed by atoms with Crippen LogP contribution in [-0.2, 0) is 14.3 Å². The zero-order chi connectivity index (χ0) is 18.5. The molecule has 2 aliphatic rings. The fraction of sp³-hybridized carbons (Fsp3) is 0.600. The van der Waals surface area contributed by atoms with Crippen molar-refractivity contribution in [3.8, 4) is 0 Å². The Bertz CT molecular complexity index is 743. The van der Waals surface area contributed by atoms with Gasteiger partial charge in [-0.25, -0.2) is 4.79 Å². The number of Topliss-reactive ketones (excluding diaryl/α,β-unsaturated/α-hetero) is 1. The standard InChI is InChI=1S/C20H26O5/c1-6-10(2)19(23)25-18-14-11(3)9-24-17(14)16(22)15-13(21)8-7-12(4)20(15,18)5/h6,9,12,15-16,18,22H,7-8H2,1-5H3/b10-6-/t12-,15+,16+,18+,20+/m0/s1. The van der Waals surface area contributed by atoms with E-state index in [-0.39, 0.29) is 11.7 Å². The predicted molar refractivity (Wildman–Crippen MR) is 91.7 cm³/mol. The number of carbonyl (C=O) groups is 2. The van der Waals surface area contributed by atoms with Crippen LogP contribution >= 0.6 is 0 Å². The summed E-state index contributed by atoms with van der Waals surface area (Å²) in [5, 5.41) is 10.9. The fourth-order valence-corrected chi connectivity index (χ4v) is 4.42. The van der Waals surface area contributed by atoms with Crippen molar-refractivity contribution >= 4 is 11.8 Å². The molecule has 0 radical (unpaired) electrons. The fourth-order valence-electron chi connectivity index (χ4n) is 4.42. The Morgan fingerprint density at radius 3 is 2.80 bits per heavy atom. The van der Waals surface area contributed by atoms with E-state index in [2.05, 4.69) is 6.92 Å². The second-order valence-corrected chi connectivity index (χ2v) is 7.65. The molecule has 0 saturated heterocycles. The lowest BCUT2D eigenvalue weighted by Crippen LogP contribution is -2.53. The van der Waals surface area contributed by atoms with Crippen LogP contribution in [0.5, 0.6) is 0 Å². The maximum atomic E-state index is 12.7. The third-order valence-electron chi connectivity index (χ3n) is 6.35. The Kier molecular flexibility index (Phi) is 4.40. The third kappa shape index (κ3) is 2.48. The number of carbonyl (C=O) groups excluding carboxylic acids is 2. The van der Waals surface area contributed by atoms with E-state index in [0.717, 1.165) is 12.0 Å². The molecule has 5 atom stereocenters. The number of aliphatic hydroxyl groups is 1. The summed E-state index contributed by atoms with van der Waals surface area (Å²) in [6, 6.07) is 0. The Morgan fingerprint density at radius 2 is 2.16 bits per heavy atom. The van der Waals surface area contributed by atoms with E-state index in [1.807, 2.05) is 13.8 Å². The Morgan fingerprint density at radius 1 is 1.48 bits per heavy atom. The molecule has 3 rings (SSSR count). The summed E-state index contributed by atoms with van der Waals surface area (Å²) < 4.78 is 11.5. The topological polar surface area (TPSA) is 76.7 Å². The van der Waals surface area contributed by atoms with Crippen LogP contribution in [0.2, 0.25) is 0 Å². The molecule has 0 unspecified atom stereocenters. The summed E-state index contributed by atoms with van der Waals surface area (Å²) in [5.74, 6) is -0.537. The van der Waals surface area contributed by atoms with Crippen LogP contribution in [-0.4, -0.2) is 16.9 Å². The van der Waals surface area contributed by atoms with E-state index in [0.29, 0.717) is 23.3 Å². The molecule has 1 fully saturated rings. The van der Waals surface area contributed by atoms with Crippen LogP contribution in [0.3, 0.4) is 0 Å². The number of hydrogen-bond donors (Lipinski definition) is 1. The molecule has 1 saturated carbocycles. The van der Waals surface area contributed by atoms with Gasteiger partial charge in [0.05, 0.1) is 12.2 Å². The third-order valence-corrected chi connectivity index (χ3v) is 6.35. The molecule has 0 aliphatic heterocycles. The van der Waals surface area contributed by atoms with Crippen molar-refractivity contribution in [3.63, 3.8) is 0 Å². The van der Waals surface area contributed by atoms with Crippen LogP contribution in [0.25, 0.3) is 0 Å². The van der Waals surface area contributed by atoms with E-state index in [4.69, 9.17) is 9.15 Å². The number of ketones is 1. The van der Waals surface area contributed by atoms with Gasteiger partial charge in [-0.15, -0.1) is 0 Å². The minimum Gasteiger partial charge on any atom is -0.466 e. The highest BCUT2D eigenvalue weighted by Gasteiger charge is 2.61. The summed E-state index contributed by atoms with van der Waals surface area (Å²) in [6.07, 6.45) is 2.81. The van der Waals surface area contributed by atoms with Gasteiger partial charge >= 0.3 is 5.97 Å². The number of allylic oxidation sites excluding steroid dienone is 1. The first kappa shape index (κ1) is 17.9.